The molecule has 2 nitrogen and oxygen atoms in total. The molecule has 14 heavy (non-hydrogen) atoms. The molecule has 1 aromatic rings. The van der Waals surface area contributed by atoms with Gasteiger partial charge in [-0.05, 0) is 49.9 Å². The van der Waals surface area contributed by atoms with Gasteiger partial charge in [0.05, 0.1) is 6.61 Å². The van der Waals surface area contributed by atoms with E-state index in [4.69, 9.17) is 9.84 Å². The van der Waals surface area contributed by atoms with E-state index in [1.807, 2.05) is 26.8 Å². The molecule has 2 heteroatoms. The molecule has 0 fully saturated rings. The molecule has 0 aliphatic heterocycles. The highest BCUT2D eigenvalue weighted by Gasteiger charge is 2.04. The summed E-state index contributed by atoms with van der Waals surface area (Å²) in [6.07, 6.45) is 0.721. The number of hydrogen-bond acceptors (Lipinski definition) is 2. The van der Waals surface area contributed by atoms with Crippen LogP contribution in [0, 0.1) is 13.8 Å². The van der Waals surface area contributed by atoms with Gasteiger partial charge in [0, 0.05) is 6.61 Å². The highest BCUT2D eigenvalue weighted by molar-refractivity contribution is 5.41. The fourth-order valence-corrected chi connectivity index (χ4v) is 1.55. The molecule has 0 aliphatic rings. The van der Waals surface area contributed by atoms with Crippen LogP contribution in [0.15, 0.2) is 12.1 Å². The Hall–Kier alpha value is -1.02. The third kappa shape index (κ3) is 2.48. The van der Waals surface area contributed by atoms with Gasteiger partial charge in [-0.1, -0.05) is 6.07 Å². The van der Waals surface area contributed by atoms with E-state index in [1.165, 1.54) is 11.1 Å². The molecule has 1 rings (SSSR count). The number of ether oxygens (including phenoxy) is 1. The van der Waals surface area contributed by atoms with Gasteiger partial charge < -0.3 is 9.84 Å². The van der Waals surface area contributed by atoms with Crippen molar-refractivity contribution in [1.29, 1.82) is 0 Å². The maximum absolute atomic E-state index is 8.88. The summed E-state index contributed by atoms with van der Waals surface area (Å²) >= 11 is 0. The summed E-state index contributed by atoms with van der Waals surface area (Å²) in [5.41, 5.74) is 3.53. The number of aliphatic hydroxyl groups excluding tert-OH is 1. The number of aryl methyl sites for hydroxylation is 2. The van der Waals surface area contributed by atoms with Gasteiger partial charge in [0.2, 0.25) is 0 Å². The lowest BCUT2D eigenvalue weighted by molar-refractivity contribution is 0.299. The summed E-state index contributed by atoms with van der Waals surface area (Å²) < 4.78 is 5.49. The maximum atomic E-state index is 8.88. The minimum atomic E-state index is 0.203. The van der Waals surface area contributed by atoms with Crippen LogP contribution in [0.25, 0.3) is 0 Å². The summed E-state index contributed by atoms with van der Waals surface area (Å²) in [6.45, 7) is 6.96. The number of hydrogen-bond donors (Lipinski definition) is 1. The normalized spacial score (nSPS) is 10.3. The molecule has 0 amide bonds. The minimum Gasteiger partial charge on any atom is -0.494 e. The lowest BCUT2D eigenvalue weighted by Crippen LogP contribution is -1.99. The average molecular weight is 194 g/mol. The van der Waals surface area contributed by atoms with E-state index in [9.17, 15) is 0 Å². The Bertz CT molecular complexity index is 274. The molecule has 0 atom stereocenters. The smallest absolute Gasteiger partial charge is 0.122 e. The molecule has 0 heterocycles. The van der Waals surface area contributed by atoms with Crippen LogP contribution in [-0.2, 0) is 6.42 Å². The lowest BCUT2D eigenvalue weighted by atomic mass is 10.0. The standard InChI is InChI=1S/C12H18O2/c1-4-14-12-8-9(2)11(5-6-13)7-10(12)3/h7-8,13H,4-6H2,1-3H3. The van der Waals surface area contributed by atoms with Crippen LogP contribution in [0.2, 0.25) is 0 Å². The zero-order valence-electron chi connectivity index (χ0n) is 9.13. The molecule has 0 radical (unpaired) electrons. The van der Waals surface area contributed by atoms with E-state index >= 15 is 0 Å². The first-order valence-electron chi connectivity index (χ1n) is 5.02. The van der Waals surface area contributed by atoms with Gasteiger partial charge in [0.15, 0.2) is 0 Å². The SMILES string of the molecule is CCOc1cc(C)c(CCO)cc1C. The van der Waals surface area contributed by atoms with Gasteiger partial charge in [-0.15, -0.1) is 0 Å². The highest BCUT2D eigenvalue weighted by atomic mass is 16.5. The highest BCUT2D eigenvalue weighted by Crippen LogP contribution is 2.23. The van der Waals surface area contributed by atoms with Crippen molar-refractivity contribution in [2.24, 2.45) is 0 Å². The maximum Gasteiger partial charge on any atom is 0.122 e. The van der Waals surface area contributed by atoms with Gasteiger partial charge in [0.25, 0.3) is 0 Å². The number of rotatable bonds is 4. The van der Waals surface area contributed by atoms with E-state index in [0.717, 1.165) is 17.7 Å². The first-order valence-corrected chi connectivity index (χ1v) is 5.02. The van der Waals surface area contributed by atoms with Crippen LogP contribution in [0.1, 0.15) is 23.6 Å². The number of benzene rings is 1. The van der Waals surface area contributed by atoms with Crippen molar-refractivity contribution in [3.8, 4) is 5.75 Å². The Morgan fingerprint density at radius 3 is 2.50 bits per heavy atom. The second-order valence-corrected chi connectivity index (χ2v) is 3.45. The Labute approximate surface area is 85.5 Å². The third-order valence-electron chi connectivity index (χ3n) is 2.31. The van der Waals surface area contributed by atoms with Crippen molar-refractivity contribution < 1.29 is 9.84 Å². The summed E-state index contributed by atoms with van der Waals surface area (Å²) in [6, 6.07) is 4.14. The summed E-state index contributed by atoms with van der Waals surface area (Å²) in [4.78, 5) is 0. The third-order valence-corrected chi connectivity index (χ3v) is 2.31. The predicted molar refractivity (Wildman–Crippen MR) is 57.9 cm³/mol. The van der Waals surface area contributed by atoms with Gasteiger partial charge >= 0.3 is 0 Å². The molecular weight excluding hydrogens is 176 g/mol. The van der Waals surface area contributed by atoms with Crippen LogP contribution < -0.4 is 4.74 Å². The zero-order chi connectivity index (χ0) is 10.6. The van der Waals surface area contributed by atoms with Crippen molar-refractivity contribution in [2.75, 3.05) is 13.2 Å². The fraction of sp³-hybridized carbons (Fsp3) is 0.500. The quantitative estimate of drug-likeness (QED) is 0.796. The lowest BCUT2D eigenvalue weighted by Gasteiger charge is -2.11. The van der Waals surface area contributed by atoms with Crippen LogP contribution >= 0.6 is 0 Å². The molecule has 0 saturated carbocycles. The van der Waals surface area contributed by atoms with Crippen molar-refractivity contribution in [3.05, 3.63) is 28.8 Å². The molecule has 0 saturated heterocycles. The first kappa shape index (κ1) is 11.1. The molecule has 1 aromatic carbocycles. The number of aliphatic hydroxyl groups is 1. The first-order chi connectivity index (χ1) is 6.69. The van der Waals surface area contributed by atoms with Crippen molar-refractivity contribution in [3.63, 3.8) is 0 Å². The largest absolute Gasteiger partial charge is 0.494 e. The van der Waals surface area contributed by atoms with E-state index in [-0.39, 0.29) is 6.61 Å². The molecule has 0 bridgehead atoms. The van der Waals surface area contributed by atoms with Gasteiger partial charge in [0.1, 0.15) is 5.75 Å². The Morgan fingerprint density at radius 2 is 1.93 bits per heavy atom. The van der Waals surface area contributed by atoms with E-state index in [2.05, 4.69) is 6.07 Å². The zero-order valence-corrected chi connectivity index (χ0v) is 9.13. The van der Waals surface area contributed by atoms with Gasteiger partial charge in [-0.25, -0.2) is 0 Å². The average Bonchev–Trinajstić information content (AvgIpc) is 2.14. The van der Waals surface area contributed by atoms with Crippen molar-refractivity contribution >= 4 is 0 Å². The predicted octanol–water partition coefficient (Wildman–Crippen LogP) is 2.24. The summed E-state index contributed by atoms with van der Waals surface area (Å²) in [7, 11) is 0. The van der Waals surface area contributed by atoms with E-state index < -0.39 is 0 Å². The van der Waals surface area contributed by atoms with Crippen LogP contribution in [0.5, 0.6) is 5.75 Å². The molecule has 0 unspecified atom stereocenters. The molecule has 0 aliphatic carbocycles. The van der Waals surface area contributed by atoms with Gasteiger partial charge in [-0.2, -0.15) is 0 Å². The topological polar surface area (TPSA) is 29.5 Å². The second-order valence-electron chi connectivity index (χ2n) is 3.45. The minimum absolute atomic E-state index is 0.203. The van der Waals surface area contributed by atoms with Crippen molar-refractivity contribution in [1.82, 2.24) is 0 Å². The monoisotopic (exact) mass is 194 g/mol. The van der Waals surface area contributed by atoms with Crippen molar-refractivity contribution in [2.45, 2.75) is 27.2 Å². The van der Waals surface area contributed by atoms with E-state index in [0.29, 0.717) is 6.61 Å². The Kier molecular flexibility index (Phi) is 3.96. The molecule has 0 aromatic heterocycles. The van der Waals surface area contributed by atoms with E-state index in [1.54, 1.807) is 0 Å². The second kappa shape index (κ2) is 5.01. The van der Waals surface area contributed by atoms with Gasteiger partial charge in [-0.3, -0.25) is 0 Å². The molecule has 0 spiro atoms. The van der Waals surface area contributed by atoms with Crippen LogP contribution in [-0.4, -0.2) is 18.3 Å². The summed E-state index contributed by atoms with van der Waals surface area (Å²) in [5.74, 6) is 0.951. The molecule has 78 valence electrons. The molecule has 1 N–H and O–H groups in total. The Balaban J connectivity index is 2.97. The Morgan fingerprint density at radius 1 is 1.21 bits per heavy atom. The molecular formula is C12H18O2. The van der Waals surface area contributed by atoms with Crippen LogP contribution in [0.4, 0.5) is 0 Å². The van der Waals surface area contributed by atoms with Crippen LogP contribution in [0.3, 0.4) is 0 Å². The summed E-state index contributed by atoms with van der Waals surface area (Å²) in [5, 5.41) is 8.88. The fourth-order valence-electron chi connectivity index (χ4n) is 1.55.